The van der Waals surface area contributed by atoms with Crippen LogP contribution < -0.4 is 11.1 Å². The van der Waals surface area contributed by atoms with Gasteiger partial charge in [0.15, 0.2) is 0 Å². The highest BCUT2D eigenvalue weighted by Crippen LogP contribution is 2.34. The van der Waals surface area contributed by atoms with Gasteiger partial charge in [-0.25, -0.2) is 8.42 Å². The fourth-order valence-corrected chi connectivity index (χ4v) is 2.26. The van der Waals surface area contributed by atoms with Gasteiger partial charge in [-0.15, -0.1) is 0 Å². The molecule has 0 aromatic heterocycles. The molecule has 0 atom stereocenters. The zero-order valence-corrected chi connectivity index (χ0v) is 11.3. The van der Waals surface area contributed by atoms with E-state index in [0.717, 1.165) is 6.07 Å². The van der Waals surface area contributed by atoms with Crippen molar-refractivity contribution in [3.63, 3.8) is 0 Å². The van der Waals surface area contributed by atoms with Gasteiger partial charge in [-0.3, -0.25) is 0 Å². The second-order valence-corrected chi connectivity index (χ2v) is 6.57. The number of benzene rings is 1. The van der Waals surface area contributed by atoms with Crippen molar-refractivity contribution in [2.24, 2.45) is 5.73 Å². The van der Waals surface area contributed by atoms with E-state index in [1.165, 1.54) is 18.2 Å². The van der Waals surface area contributed by atoms with Gasteiger partial charge in [-0.2, -0.15) is 13.2 Å². The molecule has 19 heavy (non-hydrogen) atoms. The molecule has 0 unspecified atom stereocenters. The van der Waals surface area contributed by atoms with Crippen molar-refractivity contribution in [2.75, 3.05) is 11.9 Å². The third kappa shape index (κ3) is 3.38. The van der Waals surface area contributed by atoms with Crippen LogP contribution >= 0.6 is 0 Å². The van der Waals surface area contributed by atoms with E-state index in [0.29, 0.717) is 0 Å². The highest BCUT2D eigenvalue weighted by atomic mass is 32.2. The molecule has 1 aromatic rings. The Bertz CT molecular complexity index is 553. The largest absolute Gasteiger partial charge is 0.501 e. The van der Waals surface area contributed by atoms with E-state index in [4.69, 9.17) is 5.73 Å². The molecule has 0 amide bonds. The van der Waals surface area contributed by atoms with Gasteiger partial charge in [-0.05, 0) is 26.0 Å². The first-order valence-corrected chi connectivity index (χ1v) is 6.88. The van der Waals surface area contributed by atoms with Crippen LogP contribution in [0.3, 0.4) is 0 Å². The van der Waals surface area contributed by atoms with Gasteiger partial charge in [-0.1, -0.05) is 12.1 Å². The van der Waals surface area contributed by atoms with Crippen LogP contribution in [0.1, 0.15) is 13.8 Å². The van der Waals surface area contributed by atoms with Crippen LogP contribution in [0.2, 0.25) is 0 Å². The van der Waals surface area contributed by atoms with Gasteiger partial charge in [0.2, 0.25) is 0 Å². The molecule has 1 aromatic carbocycles. The Labute approximate surface area is 109 Å². The summed E-state index contributed by atoms with van der Waals surface area (Å²) in [5, 5.41) is 2.71. The topological polar surface area (TPSA) is 72.2 Å². The first-order valence-electron chi connectivity index (χ1n) is 5.40. The third-order valence-electron chi connectivity index (χ3n) is 2.46. The molecule has 4 nitrogen and oxygen atoms in total. The predicted molar refractivity (Wildman–Crippen MR) is 66.4 cm³/mol. The number of hydrogen-bond acceptors (Lipinski definition) is 4. The highest BCUT2D eigenvalue weighted by molar-refractivity contribution is 7.92. The van der Waals surface area contributed by atoms with Crippen LogP contribution in [0.25, 0.3) is 0 Å². The Balaban J connectivity index is 3.33. The molecule has 0 saturated heterocycles. The maximum atomic E-state index is 12.6. The van der Waals surface area contributed by atoms with Crippen molar-refractivity contribution < 1.29 is 21.6 Å². The second kappa shape index (κ2) is 5.01. The first-order chi connectivity index (χ1) is 8.51. The predicted octanol–water partition coefficient (Wildman–Crippen LogP) is 2.13. The second-order valence-electron chi connectivity index (χ2n) is 4.66. The summed E-state index contributed by atoms with van der Waals surface area (Å²) in [5.74, 6) is 0. The summed E-state index contributed by atoms with van der Waals surface area (Å²) in [4.78, 5) is -0.802. The maximum Gasteiger partial charge on any atom is 0.501 e. The molecule has 0 aliphatic rings. The molecule has 0 heterocycles. The van der Waals surface area contributed by atoms with E-state index in [-0.39, 0.29) is 12.2 Å². The summed E-state index contributed by atoms with van der Waals surface area (Å²) < 4.78 is 60.6. The van der Waals surface area contributed by atoms with Crippen molar-refractivity contribution >= 4 is 15.5 Å². The molecule has 0 spiro atoms. The lowest BCUT2D eigenvalue weighted by molar-refractivity contribution is -0.0435. The molecule has 0 saturated carbocycles. The number of sulfone groups is 1. The van der Waals surface area contributed by atoms with Gasteiger partial charge >= 0.3 is 5.51 Å². The van der Waals surface area contributed by atoms with Crippen molar-refractivity contribution in [1.29, 1.82) is 0 Å². The highest BCUT2D eigenvalue weighted by Gasteiger charge is 2.48. The molecule has 3 N–H and O–H groups in total. The average molecular weight is 296 g/mol. The number of halogens is 3. The lowest BCUT2D eigenvalue weighted by Crippen LogP contribution is -2.39. The Morgan fingerprint density at radius 1 is 1.21 bits per heavy atom. The molecule has 8 heteroatoms. The summed E-state index contributed by atoms with van der Waals surface area (Å²) in [6, 6.07) is 4.87. The van der Waals surface area contributed by atoms with E-state index < -0.39 is 25.8 Å². The van der Waals surface area contributed by atoms with E-state index in [9.17, 15) is 21.6 Å². The van der Waals surface area contributed by atoms with Crippen LogP contribution in [-0.2, 0) is 9.84 Å². The van der Waals surface area contributed by atoms with Crippen LogP contribution in [0.4, 0.5) is 18.9 Å². The average Bonchev–Trinajstić information content (AvgIpc) is 2.27. The van der Waals surface area contributed by atoms with Crippen molar-refractivity contribution in [2.45, 2.75) is 29.8 Å². The van der Waals surface area contributed by atoms with Crippen molar-refractivity contribution in [3.05, 3.63) is 24.3 Å². The normalized spacial score (nSPS) is 13.4. The molecule has 108 valence electrons. The van der Waals surface area contributed by atoms with Gasteiger partial charge in [0.1, 0.15) is 0 Å². The molecule has 0 fully saturated rings. The zero-order chi connectivity index (χ0) is 14.9. The van der Waals surface area contributed by atoms with Gasteiger partial charge in [0.25, 0.3) is 9.84 Å². The quantitative estimate of drug-likeness (QED) is 0.893. The van der Waals surface area contributed by atoms with Gasteiger partial charge in [0, 0.05) is 12.1 Å². The molecular formula is C11H15F3N2O2S. The van der Waals surface area contributed by atoms with Crippen molar-refractivity contribution in [3.8, 4) is 0 Å². The van der Waals surface area contributed by atoms with E-state index in [2.05, 4.69) is 5.32 Å². The fourth-order valence-electron chi connectivity index (χ4n) is 1.34. The molecule has 1 rings (SSSR count). The molecule has 0 bridgehead atoms. The Hall–Kier alpha value is -1.28. The minimum Gasteiger partial charge on any atom is -0.378 e. The fraction of sp³-hybridized carbons (Fsp3) is 0.455. The monoisotopic (exact) mass is 296 g/mol. The molecular weight excluding hydrogens is 281 g/mol. The number of nitrogens with two attached hydrogens (primary N) is 1. The van der Waals surface area contributed by atoms with Crippen LogP contribution in [0.15, 0.2) is 29.2 Å². The molecule has 0 aliphatic heterocycles. The molecule has 0 radical (unpaired) electrons. The third-order valence-corrected chi connectivity index (χ3v) is 4.01. The zero-order valence-electron chi connectivity index (χ0n) is 10.5. The number of nitrogens with one attached hydrogen (secondary N) is 1. The minimum atomic E-state index is -5.39. The SMILES string of the molecule is CC(C)(CN)Nc1ccccc1S(=O)(=O)C(F)(F)F. The summed E-state index contributed by atoms with van der Waals surface area (Å²) in [7, 11) is -5.39. The van der Waals surface area contributed by atoms with Gasteiger partial charge < -0.3 is 11.1 Å². The summed E-state index contributed by atoms with van der Waals surface area (Å²) in [5.41, 5.74) is -0.711. The summed E-state index contributed by atoms with van der Waals surface area (Å²) in [6.45, 7) is 3.45. The summed E-state index contributed by atoms with van der Waals surface area (Å²) >= 11 is 0. The van der Waals surface area contributed by atoms with E-state index in [1.54, 1.807) is 13.8 Å². The molecule has 0 aliphatic carbocycles. The van der Waals surface area contributed by atoms with Crippen LogP contribution in [0, 0.1) is 0 Å². The Kier molecular flexibility index (Phi) is 4.16. The number of rotatable bonds is 4. The Morgan fingerprint density at radius 2 is 1.74 bits per heavy atom. The summed E-state index contributed by atoms with van der Waals surface area (Å²) in [6.07, 6.45) is 0. The van der Waals surface area contributed by atoms with Crippen LogP contribution in [-0.4, -0.2) is 26.0 Å². The number of anilines is 1. The van der Waals surface area contributed by atoms with E-state index in [1.807, 2.05) is 0 Å². The van der Waals surface area contributed by atoms with Crippen LogP contribution in [0.5, 0.6) is 0 Å². The maximum absolute atomic E-state index is 12.6. The smallest absolute Gasteiger partial charge is 0.378 e. The standard InChI is InChI=1S/C11H15F3N2O2S/c1-10(2,7-15)16-8-5-3-4-6-9(8)19(17,18)11(12,13)14/h3-6,16H,7,15H2,1-2H3. The van der Waals surface area contributed by atoms with Crippen molar-refractivity contribution in [1.82, 2.24) is 0 Å². The lowest BCUT2D eigenvalue weighted by Gasteiger charge is -2.27. The minimum absolute atomic E-state index is 0.115. The van der Waals surface area contributed by atoms with Gasteiger partial charge in [0.05, 0.1) is 10.6 Å². The first kappa shape index (κ1) is 15.8. The number of hydrogen-bond donors (Lipinski definition) is 2. The number of alkyl halides is 3. The lowest BCUT2D eigenvalue weighted by atomic mass is 10.1. The number of para-hydroxylation sites is 1. The van der Waals surface area contributed by atoms with E-state index >= 15 is 0 Å². The Morgan fingerprint density at radius 3 is 2.21 bits per heavy atom.